The summed E-state index contributed by atoms with van der Waals surface area (Å²) < 4.78 is 4.54. The van der Waals surface area contributed by atoms with Crippen LogP contribution in [-0.2, 0) is 4.74 Å². The maximum Gasteiger partial charge on any atom is 0.218 e. The maximum atomic E-state index is 5.34. The van der Waals surface area contributed by atoms with Gasteiger partial charge in [-0.1, -0.05) is 23.2 Å². The lowest BCUT2D eigenvalue weighted by Gasteiger charge is -2.03. The fourth-order valence-corrected chi connectivity index (χ4v) is 0.489. The summed E-state index contributed by atoms with van der Waals surface area (Å²) in [5.41, 5.74) is 0. The Morgan fingerprint density at radius 2 is 1.70 bits per heavy atom. The first-order chi connectivity index (χ1) is 4.54. The van der Waals surface area contributed by atoms with Crippen LogP contribution in [0.2, 0.25) is 0 Å². The second-order valence-corrected chi connectivity index (χ2v) is 3.81. The van der Waals surface area contributed by atoms with E-state index < -0.39 is 4.84 Å². The molecular weight excluding hydrogens is 241 g/mol. The minimum Gasteiger partial charge on any atom is -0.478 e. The van der Waals surface area contributed by atoms with Crippen LogP contribution < -0.4 is 0 Å². The standard InChI is InChI=1S/C4H3Cl5O/c5-2(6)1-10-4(9)3(7)8/h2H,1H2. The zero-order chi connectivity index (χ0) is 8.15. The van der Waals surface area contributed by atoms with Crippen molar-refractivity contribution in [3.63, 3.8) is 0 Å². The molecule has 0 radical (unpaired) electrons. The first kappa shape index (κ1) is 11.0. The van der Waals surface area contributed by atoms with Crippen molar-refractivity contribution >= 4 is 58.0 Å². The molecule has 0 saturated heterocycles. The van der Waals surface area contributed by atoms with Crippen molar-refractivity contribution < 1.29 is 4.74 Å². The van der Waals surface area contributed by atoms with Gasteiger partial charge < -0.3 is 4.74 Å². The second-order valence-electron chi connectivity index (χ2n) is 1.24. The van der Waals surface area contributed by atoms with Crippen LogP contribution in [0.1, 0.15) is 0 Å². The Bertz CT molecular complexity index is 128. The Morgan fingerprint density at radius 3 is 2.00 bits per heavy atom. The Balaban J connectivity index is 3.60. The summed E-state index contributed by atoms with van der Waals surface area (Å²) in [6.45, 7) is 0.0604. The van der Waals surface area contributed by atoms with Gasteiger partial charge in [-0.3, -0.25) is 0 Å². The summed E-state index contributed by atoms with van der Waals surface area (Å²) in [6.07, 6.45) is 0. The third kappa shape index (κ3) is 5.75. The maximum absolute atomic E-state index is 5.34. The van der Waals surface area contributed by atoms with Crippen molar-refractivity contribution in [2.24, 2.45) is 0 Å². The number of ether oxygens (including phenoxy) is 1. The highest BCUT2D eigenvalue weighted by atomic mass is 35.5. The molecule has 0 amide bonds. The summed E-state index contributed by atoms with van der Waals surface area (Å²) in [4.78, 5) is -0.638. The lowest BCUT2D eigenvalue weighted by Crippen LogP contribution is -1.99. The molecule has 10 heavy (non-hydrogen) atoms. The van der Waals surface area contributed by atoms with Gasteiger partial charge in [0.05, 0.1) is 0 Å². The molecule has 0 saturated carbocycles. The van der Waals surface area contributed by atoms with Gasteiger partial charge >= 0.3 is 0 Å². The van der Waals surface area contributed by atoms with Crippen LogP contribution in [0.3, 0.4) is 0 Å². The molecule has 0 atom stereocenters. The molecule has 0 aliphatic carbocycles. The van der Waals surface area contributed by atoms with Gasteiger partial charge in [-0.25, -0.2) is 0 Å². The van der Waals surface area contributed by atoms with Crippen LogP contribution >= 0.6 is 58.0 Å². The van der Waals surface area contributed by atoms with Crippen molar-refractivity contribution in [2.45, 2.75) is 4.84 Å². The highest BCUT2D eigenvalue weighted by Gasteiger charge is 2.03. The zero-order valence-corrected chi connectivity index (χ0v) is 8.36. The summed E-state index contributed by atoms with van der Waals surface area (Å²) in [5.74, 6) is 0. The van der Waals surface area contributed by atoms with Gasteiger partial charge in [0.2, 0.25) is 5.22 Å². The van der Waals surface area contributed by atoms with Crippen molar-refractivity contribution in [2.75, 3.05) is 6.61 Å². The largest absolute Gasteiger partial charge is 0.478 e. The number of alkyl halides is 2. The SMILES string of the molecule is ClC(Cl)=C(Cl)OCC(Cl)Cl. The molecule has 6 heteroatoms. The van der Waals surface area contributed by atoms with E-state index in [-0.39, 0.29) is 16.3 Å². The summed E-state index contributed by atoms with van der Waals surface area (Å²) in [6, 6.07) is 0. The van der Waals surface area contributed by atoms with Gasteiger partial charge in [0.1, 0.15) is 11.4 Å². The average Bonchev–Trinajstić information content (AvgIpc) is 1.82. The topological polar surface area (TPSA) is 9.23 Å². The number of rotatable bonds is 3. The van der Waals surface area contributed by atoms with E-state index in [1.807, 2.05) is 0 Å². The zero-order valence-electron chi connectivity index (χ0n) is 4.58. The van der Waals surface area contributed by atoms with Crippen LogP contribution in [0.15, 0.2) is 9.71 Å². The molecule has 0 N–H and O–H groups in total. The third-order valence-corrected chi connectivity index (χ3v) is 1.57. The first-order valence-electron chi connectivity index (χ1n) is 2.15. The lowest BCUT2D eigenvalue weighted by atomic mass is 10.8. The summed E-state index contributed by atoms with van der Waals surface area (Å²) >= 11 is 26.4. The second kappa shape index (κ2) is 5.62. The van der Waals surface area contributed by atoms with E-state index in [0.717, 1.165) is 0 Å². The highest BCUT2D eigenvalue weighted by molar-refractivity contribution is 6.59. The predicted molar refractivity (Wildman–Crippen MR) is 46.0 cm³/mol. The van der Waals surface area contributed by atoms with Crippen LogP contribution in [-0.4, -0.2) is 11.4 Å². The molecule has 60 valence electrons. The van der Waals surface area contributed by atoms with Gasteiger partial charge in [0, 0.05) is 0 Å². The van der Waals surface area contributed by atoms with Crippen LogP contribution in [0.4, 0.5) is 0 Å². The third-order valence-electron chi connectivity index (χ3n) is 0.485. The molecule has 0 aromatic carbocycles. The number of hydrogen-bond acceptors (Lipinski definition) is 1. The Hall–Kier alpha value is 0.990. The van der Waals surface area contributed by atoms with Crippen LogP contribution in [0, 0.1) is 0 Å². The van der Waals surface area contributed by atoms with Crippen LogP contribution in [0.5, 0.6) is 0 Å². The van der Waals surface area contributed by atoms with Gasteiger partial charge in [0.25, 0.3) is 0 Å². The predicted octanol–water partition coefficient (Wildman–Crippen LogP) is 3.65. The summed E-state index contributed by atoms with van der Waals surface area (Å²) in [7, 11) is 0. The minimum atomic E-state index is -0.638. The minimum absolute atomic E-state index is 0.0604. The van der Waals surface area contributed by atoms with Gasteiger partial charge in [-0.2, -0.15) is 0 Å². The molecule has 0 aromatic rings. The molecule has 1 nitrogen and oxygen atoms in total. The van der Waals surface area contributed by atoms with Crippen molar-refractivity contribution in [3.8, 4) is 0 Å². The first-order valence-corrected chi connectivity index (χ1v) is 4.16. The molecule has 0 rings (SSSR count). The van der Waals surface area contributed by atoms with Crippen molar-refractivity contribution in [3.05, 3.63) is 9.71 Å². The van der Waals surface area contributed by atoms with Crippen LogP contribution in [0.25, 0.3) is 0 Å². The highest BCUT2D eigenvalue weighted by Crippen LogP contribution is 2.19. The quantitative estimate of drug-likeness (QED) is 0.544. The molecule has 0 bridgehead atoms. The molecule has 0 fully saturated rings. The fourth-order valence-electron chi connectivity index (χ4n) is 0.191. The van der Waals surface area contributed by atoms with Crippen molar-refractivity contribution in [1.29, 1.82) is 0 Å². The molecule has 0 aliphatic rings. The van der Waals surface area contributed by atoms with Gasteiger partial charge in [0.15, 0.2) is 4.49 Å². The van der Waals surface area contributed by atoms with E-state index in [1.165, 1.54) is 0 Å². The Labute approximate surface area is 83.8 Å². The van der Waals surface area contributed by atoms with E-state index in [1.54, 1.807) is 0 Å². The molecule has 0 aromatic heterocycles. The lowest BCUT2D eigenvalue weighted by molar-refractivity contribution is 0.250. The normalized spacial score (nSPS) is 9.80. The molecule has 0 spiro atoms. The van der Waals surface area contributed by atoms with E-state index in [9.17, 15) is 0 Å². The van der Waals surface area contributed by atoms with E-state index >= 15 is 0 Å². The number of halogens is 5. The van der Waals surface area contributed by atoms with Crippen molar-refractivity contribution in [1.82, 2.24) is 0 Å². The Kier molecular flexibility index (Phi) is 6.17. The number of hydrogen-bond donors (Lipinski definition) is 0. The average molecular weight is 244 g/mol. The molecule has 0 unspecified atom stereocenters. The van der Waals surface area contributed by atoms with E-state index in [0.29, 0.717) is 0 Å². The van der Waals surface area contributed by atoms with Gasteiger partial charge in [-0.15, -0.1) is 23.2 Å². The monoisotopic (exact) mass is 242 g/mol. The van der Waals surface area contributed by atoms with E-state index in [2.05, 4.69) is 4.74 Å². The van der Waals surface area contributed by atoms with Gasteiger partial charge in [-0.05, 0) is 11.6 Å². The van der Waals surface area contributed by atoms with E-state index in [4.69, 9.17) is 58.0 Å². The fraction of sp³-hybridized carbons (Fsp3) is 0.500. The Morgan fingerprint density at radius 1 is 1.20 bits per heavy atom. The smallest absolute Gasteiger partial charge is 0.218 e. The summed E-state index contributed by atoms with van der Waals surface area (Å²) in [5, 5.41) is -0.102. The molecule has 0 heterocycles. The molecular formula is C4H3Cl5O. The molecule has 0 aliphatic heterocycles.